The molecule has 0 bridgehead atoms. The van der Waals surface area contributed by atoms with Crippen molar-refractivity contribution >= 4 is 28.5 Å². The summed E-state index contributed by atoms with van der Waals surface area (Å²) in [6, 6.07) is 1.54. The number of hydrogen-bond donors (Lipinski definition) is 3. The highest BCUT2D eigenvalue weighted by Crippen LogP contribution is 2.29. The van der Waals surface area contributed by atoms with Gasteiger partial charge in [0.1, 0.15) is 23.0 Å². The summed E-state index contributed by atoms with van der Waals surface area (Å²) in [4.78, 5) is 27.2. The van der Waals surface area contributed by atoms with E-state index in [4.69, 9.17) is 0 Å². The van der Waals surface area contributed by atoms with Gasteiger partial charge in [-0.15, -0.1) is 0 Å². The number of carbonyl (C=O) groups is 1. The molecule has 4 aromatic heterocycles. The number of aromatic nitrogens is 5. The molecule has 0 saturated heterocycles. The lowest BCUT2D eigenvalue weighted by Gasteiger charge is -2.16. The number of aromatic amines is 1. The van der Waals surface area contributed by atoms with Crippen LogP contribution < -0.4 is 10.6 Å². The first-order valence-corrected chi connectivity index (χ1v) is 9.34. The van der Waals surface area contributed by atoms with Gasteiger partial charge in [0.05, 0.1) is 12.7 Å². The Hall–Kier alpha value is -3.77. The molecule has 1 amide bonds. The molecule has 0 saturated carbocycles. The number of amides is 1. The highest BCUT2D eigenvalue weighted by atomic mass is 19.4. The molecular formula is C19H16F5N7O. The Kier molecular flexibility index (Phi) is 5.40. The zero-order valence-corrected chi connectivity index (χ0v) is 16.4. The first-order valence-electron chi connectivity index (χ1n) is 9.34. The number of H-pyrrole nitrogens is 1. The van der Waals surface area contributed by atoms with E-state index < -0.39 is 31.1 Å². The number of nitrogens with one attached hydrogen (secondary N) is 3. The molecule has 0 aliphatic heterocycles. The third-order valence-corrected chi connectivity index (χ3v) is 4.73. The molecule has 4 rings (SSSR count). The Morgan fingerprint density at radius 2 is 2.00 bits per heavy atom. The lowest BCUT2D eigenvalue weighted by molar-refractivity contribution is -0.138. The summed E-state index contributed by atoms with van der Waals surface area (Å²) in [5, 5.41) is 4.88. The SMILES string of the molecule is C[C@@H](Nc1ncc2c(-c3ccc4ncc(C(=O)NCC(F)F)n4c3)c[nH]c2n1)C(F)(F)F. The van der Waals surface area contributed by atoms with E-state index in [1.54, 1.807) is 24.5 Å². The molecule has 1 atom stereocenters. The normalized spacial score (nSPS) is 13.1. The van der Waals surface area contributed by atoms with Crippen LogP contribution in [0.15, 0.2) is 36.9 Å². The van der Waals surface area contributed by atoms with Crippen LogP contribution in [0.2, 0.25) is 0 Å². The highest BCUT2D eigenvalue weighted by molar-refractivity contribution is 5.95. The number of nitrogens with zero attached hydrogens (tertiary/aromatic N) is 4. The van der Waals surface area contributed by atoms with Crippen LogP contribution in [-0.2, 0) is 0 Å². The lowest BCUT2D eigenvalue weighted by atomic mass is 10.1. The van der Waals surface area contributed by atoms with E-state index in [1.165, 1.54) is 16.8 Å². The molecule has 4 heterocycles. The average Bonchev–Trinajstić information content (AvgIpc) is 3.34. The minimum absolute atomic E-state index is 0.0752. The molecule has 0 radical (unpaired) electrons. The van der Waals surface area contributed by atoms with Crippen molar-refractivity contribution in [2.45, 2.75) is 25.6 Å². The third kappa shape index (κ3) is 4.18. The largest absolute Gasteiger partial charge is 0.408 e. The van der Waals surface area contributed by atoms with Gasteiger partial charge in [0, 0.05) is 35.1 Å². The zero-order chi connectivity index (χ0) is 23.0. The Balaban J connectivity index is 1.66. The standard InChI is InChI=1S/C19H16F5N7O/c1-9(19(22,23)24)29-18-28-5-12-11(4-26-16(12)30-18)10-2-3-15-25-6-13(31(15)8-10)17(32)27-7-14(20)21/h2-6,8-9,14H,7H2,1H3,(H,27,32)(H2,26,28,29,30)/t9-/m1/s1. The van der Waals surface area contributed by atoms with Crippen LogP contribution in [0.1, 0.15) is 17.4 Å². The molecule has 0 aliphatic carbocycles. The Morgan fingerprint density at radius 1 is 1.22 bits per heavy atom. The fourth-order valence-electron chi connectivity index (χ4n) is 3.06. The van der Waals surface area contributed by atoms with Gasteiger partial charge in [0.25, 0.3) is 12.3 Å². The molecular weight excluding hydrogens is 437 g/mol. The Morgan fingerprint density at radius 3 is 2.72 bits per heavy atom. The fourth-order valence-corrected chi connectivity index (χ4v) is 3.06. The first kappa shape index (κ1) is 21.5. The van der Waals surface area contributed by atoms with Gasteiger partial charge in [-0.05, 0) is 19.1 Å². The van der Waals surface area contributed by atoms with E-state index in [-0.39, 0.29) is 11.6 Å². The smallest absolute Gasteiger partial charge is 0.345 e. The lowest BCUT2D eigenvalue weighted by Crippen LogP contribution is -2.33. The Bertz CT molecular complexity index is 1280. The quantitative estimate of drug-likeness (QED) is 0.387. The van der Waals surface area contributed by atoms with Gasteiger partial charge >= 0.3 is 6.18 Å². The predicted octanol–water partition coefficient (Wildman–Crippen LogP) is 3.63. The predicted molar refractivity (Wildman–Crippen MR) is 106 cm³/mol. The summed E-state index contributed by atoms with van der Waals surface area (Å²) >= 11 is 0. The van der Waals surface area contributed by atoms with E-state index >= 15 is 0 Å². The second kappa shape index (κ2) is 8.05. The van der Waals surface area contributed by atoms with Crippen LogP contribution in [0.25, 0.3) is 27.8 Å². The van der Waals surface area contributed by atoms with Crippen LogP contribution in [-0.4, -0.2) is 55.4 Å². The van der Waals surface area contributed by atoms with E-state index in [0.717, 1.165) is 6.92 Å². The molecule has 4 aromatic rings. The number of imidazole rings is 1. The summed E-state index contributed by atoms with van der Waals surface area (Å²) in [6.45, 7) is 0.179. The van der Waals surface area contributed by atoms with E-state index in [1.807, 2.05) is 0 Å². The second-order valence-corrected chi connectivity index (χ2v) is 6.96. The molecule has 0 aromatic carbocycles. The maximum atomic E-state index is 12.8. The van der Waals surface area contributed by atoms with Gasteiger partial charge in [-0.25, -0.2) is 18.7 Å². The molecule has 32 heavy (non-hydrogen) atoms. The van der Waals surface area contributed by atoms with Crippen molar-refractivity contribution in [3.8, 4) is 11.1 Å². The summed E-state index contributed by atoms with van der Waals surface area (Å²) in [5.74, 6) is -0.884. The molecule has 0 aliphatic rings. The molecule has 0 spiro atoms. The number of anilines is 1. The zero-order valence-electron chi connectivity index (χ0n) is 16.4. The van der Waals surface area contributed by atoms with Crippen LogP contribution in [0.3, 0.4) is 0 Å². The van der Waals surface area contributed by atoms with E-state index in [0.29, 0.717) is 27.8 Å². The van der Waals surface area contributed by atoms with Crippen molar-refractivity contribution in [2.75, 3.05) is 11.9 Å². The van der Waals surface area contributed by atoms with Gasteiger partial charge < -0.3 is 15.6 Å². The number of rotatable bonds is 6. The summed E-state index contributed by atoms with van der Waals surface area (Å²) in [7, 11) is 0. The van der Waals surface area contributed by atoms with E-state index in [2.05, 4.69) is 30.6 Å². The number of alkyl halides is 5. The van der Waals surface area contributed by atoms with Gasteiger partial charge in [-0.3, -0.25) is 9.20 Å². The third-order valence-electron chi connectivity index (χ3n) is 4.73. The number of fused-ring (bicyclic) bond motifs is 2. The van der Waals surface area contributed by atoms with Gasteiger partial charge in [0.15, 0.2) is 0 Å². The Labute approximate surface area is 176 Å². The molecule has 13 heteroatoms. The van der Waals surface area contributed by atoms with Crippen molar-refractivity contribution in [1.82, 2.24) is 29.7 Å². The van der Waals surface area contributed by atoms with Gasteiger partial charge in [0.2, 0.25) is 5.95 Å². The summed E-state index contributed by atoms with van der Waals surface area (Å²) in [5.41, 5.74) is 2.07. The molecule has 8 nitrogen and oxygen atoms in total. The maximum Gasteiger partial charge on any atom is 0.408 e. The minimum atomic E-state index is -4.45. The highest BCUT2D eigenvalue weighted by Gasteiger charge is 2.36. The maximum absolute atomic E-state index is 12.8. The average molecular weight is 453 g/mol. The number of hydrogen-bond acceptors (Lipinski definition) is 5. The van der Waals surface area contributed by atoms with Gasteiger partial charge in [-0.1, -0.05) is 0 Å². The van der Waals surface area contributed by atoms with E-state index in [9.17, 15) is 26.7 Å². The number of carbonyl (C=O) groups excluding carboxylic acids is 1. The number of halogens is 5. The molecule has 0 fully saturated rings. The molecule has 3 N–H and O–H groups in total. The van der Waals surface area contributed by atoms with Crippen LogP contribution in [0.4, 0.5) is 27.9 Å². The van der Waals surface area contributed by atoms with Crippen molar-refractivity contribution in [3.05, 3.63) is 42.6 Å². The number of pyridine rings is 1. The monoisotopic (exact) mass is 453 g/mol. The minimum Gasteiger partial charge on any atom is -0.345 e. The van der Waals surface area contributed by atoms with Crippen LogP contribution in [0, 0.1) is 0 Å². The molecule has 168 valence electrons. The topological polar surface area (TPSA) is 100 Å². The van der Waals surface area contributed by atoms with Crippen molar-refractivity contribution in [1.29, 1.82) is 0 Å². The fraction of sp³-hybridized carbons (Fsp3) is 0.263. The summed E-state index contributed by atoms with van der Waals surface area (Å²) < 4.78 is 64.5. The van der Waals surface area contributed by atoms with Crippen molar-refractivity contribution < 1.29 is 26.7 Å². The van der Waals surface area contributed by atoms with Crippen molar-refractivity contribution in [3.63, 3.8) is 0 Å². The second-order valence-electron chi connectivity index (χ2n) is 6.96. The van der Waals surface area contributed by atoms with Gasteiger partial charge in [-0.2, -0.15) is 18.2 Å². The van der Waals surface area contributed by atoms with Crippen LogP contribution in [0.5, 0.6) is 0 Å². The van der Waals surface area contributed by atoms with Crippen molar-refractivity contribution in [2.24, 2.45) is 0 Å². The first-order chi connectivity index (χ1) is 15.1. The molecule has 0 unspecified atom stereocenters. The van der Waals surface area contributed by atoms with Crippen LogP contribution >= 0.6 is 0 Å². The summed E-state index contributed by atoms with van der Waals surface area (Å²) in [6.07, 6.45) is -1.27.